The second kappa shape index (κ2) is 10.1. The van der Waals surface area contributed by atoms with E-state index in [1.54, 1.807) is 0 Å². The number of hydrogen-bond donors (Lipinski definition) is 1. The summed E-state index contributed by atoms with van der Waals surface area (Å²) < 4.78 is 11.3. The summed E-state index contributed by atoms with van der Waals surface area (Å²) >= 11 is 0. The Morgan fingerprint density at radius 3 is 2.26 bits per heavy atom. The molecular weight excluding hydrogens is 390 g/mol. The lowest BCUT2D eigenvalue weighted by Crippen LogP contribution is -2.33. The van der Waals surface area contributed by atoms with Crippen molar-refractivity contribution < 1.29 is 14.3 Å². The largest absolute Gasteiger partial charge is 0.494 e. The highest BCUT2D eigenvalue weighted by Gasteiger charge is 2.30. The number of carbonyl (C=O) groups excluding carboxylic acids is 1. The highest BCUT2D eigenvalue weighted by molar-refractivity contribution is 5.81. The molecule has 0 spiro atoms. The van der Waals surface area contributed by atoms with Crippen LogP contribution in [0.2, 0.25) is 0 Å². The van der Waals surface area contributed by atoms with E-state index in [9.17, 15) is 4.79 Å². The van der Waals surface area contributed by atoms with Crippen molar-refractivity contribution in [3.8, 4) is 11.5 Å². The van der Waals surface area contributed by atoms with E-state index in [1.165, 1.54) is 0 Å². The molecule has 31 heavy (non-hydrogen) atoms. The van der Waals surface area contributed by atoms with E-state index in [2.05, 4.69) is 25.7 Å². The van der Waals surface area contributed by atoms with E-state index >= 15 is 0 Å². The average Bonchev–Trinajstić information content (AvgIpc) is 2.96. The van der Waals surface area contributed by atoms with Crippen molar-refractivity contribution in [3.63, 3.8) is 0 Å². The number of anilines is 1. The molecular formula is C25H31N3O3. The van der Waals surface area contributed by atoms with E-state index in [-0.39, 0.29) is 12.5 Å². The lowest BCUT2D eigenvalue weighted by molar-refractivity contribution is -0.122. The first-order valence-electron chi connectivity index (χ1n) is 10.5. The van der Waals surface area contributed by atoms with Crippen LogP contribution in [0.3, 0.4) is 0 Å². The van der Waals surface area contributed by atoms with Crippen LogP contribution in [-0.4, -0.2) is 31.2 Å². The molecule has 3 rings (SSSR count). The lowest BCUT2D eigenvalue weighted by atomic mass is 10.1. The predicted octanol–water partition coefficient (Wildman–Crippen LogP) is 4.72. The van der Waals surface area contributed by atoms with E-state index in [1.807, 2.05) is 78.6 Å². The summed E-state index contributed by atoms with van der Waals surface area (Å²) in [6, 6.07) is 17.2. The van der Waals surface area contributed by atoms with Crippen LogP contribution < -0.4 is 19.8 Å². The Hall–Kier alpha value is -3.41. The molecule has 0 unspecified atom stereocenters. The van der Waals surface area contributed by atoms with Crippen molar-refractivity contribution in [2.75, 3.05) is 25.3 Å². The number of hydrogen-bond acceptors (Lipinski definition) is 5. The topological polar surface area (TPSA) is 54.0 Å². The van der Waals surface area contributed by atoms with Crippen LogP contribution in [0.4, 0.5) is 5.69 Å². The van der Waals surface area contributed by atoms with Gasteiger partial charge in [0.25, 0.3) is 5.91 Å². The monoisotopic (exact) mass is 421 g/mol. The Kier molecular flexibility index (Phi) is 7.23. The first kappa shape index (κ1) is 22.3. The van der Waals surface area contributed by atoms with Crippen LogP contribution in [0.25, 0.3) is 0 Å². The Labute approximate surface area is 184 Å². The molecule has 6 nitrogen and oxygen atoms in total. The summed E-state index contributed by atoms with van der Waals surface area (Å²) in [6.07, 6.45) is 1.01. The second-order valence-electron chi connectivity index (χ2n) is 7.92. The Balaban J connectivity index is 1.53. The number of amides is 1. The minimum atomic E-state index is -0.240. The molecule has 1 amide bonds. The third-order valence-corrected chi connectivity index (χ3v) is 5.11. The lowest BCUT2D eigenvalue weighted by Gasteiger charge is -2.29. The number of nitrogens with one attached hydrogen (secondary N) is 1. The minimum Gasteiger partial charge on any atom is -0.494 e. The van der Waals surface area contributed by atoms with Gasteiger partial charge in [-0.1, -0.05) is 38.6 Å². The number of carbonyl (C=O) groups is 1. The molecule has 0 saturated carbocycles. The van der Waals surface area contributed by atoms with Gasteiger partial charge in [0.05, 0.1) is 29.4 Å². The third kappa shape index (κ3) is 5.60. The molecule has 0 fully saturated rings. The summed E-state index contributed by atoms with van der Waals surface area (Å²) in [5, 5.41) is 6.86. The van der Waals surface area contributed by atoms with E-state index < -0.39 is 0 Å². The van der Waals surface area contributed by atoms with E-state index in [4.69, 9.17) is 9.47 Å². The molecule has 6 heteroatoms. The fourth-order valence-electron chi connectivity index (χ4n) is 3.24. The van der Waals surface area contributed by atoms with Crippen LogP contribution in [-0.2, 0) is 4.79 Å². The minimum absolute atomic E-state index is 0.0906. The summed E-state index contributed by atoms with van der Waals surface area (Å²) in [6.45, 7) is 11.0. The second-order valence-corrected chi connectivity index (χ2v) is 7.92. The SMILES string of the molecule is C=C1C(NC(=O)COc2ccc(OCCC(C)C)cc2)=C(C)N(C)N1c1ccccc1. The molecule has 1 N–H and O–H groups in total. The first-order chi connectivity index (χ1) is 14.9. The van der Waals surface area contributed by atoms with Crippen LogP contribution in [0.15, 0.2) is 78.3 Å². The van der Waals surface area contributed by atoms with Gasteiger partial charge in [-0.3, -0.25) is 14.8 Å². The summed E-state index contributed by atoms with van der Waals surface area (Å²) in [7, 11) is 1.94. The fraction of sp³-hybridized carbons (Fsp3) is 0.320. The van der Waals surface area contributed by atoms with Gasteiger partial charge < -0.3 is 14.8 Å². The number of rotatable bonds is 9. The fourth-order valence-corrected chi connectivity index (χ4v) is 3.24. The van der Waals surface area contributed by atoms with Gasteiger partial charge in [-0.05, 0) is 55.7 Å². The quantitative estimate of drug-likeness (QED) is 0.635. The smallest absolute Gasteiger partial charge is 0.262 e. The molecule has 2 aromatic carbocycles. The van der Waals surface area contributed by atoms with Crippen LogP contribution in [0, 0.1) is 5.92 Å². The molecule has 1 heterocycles. The van der Waals surface area contributed by atoms with Crippen LogP contribution in [0.1, 0.15) is 27.2 Å². The number of para-hydroxylation sites is 1. The third-order valence-electron chi connectivity index (χ3n) is 5.11. The van der Waals surface area contributed by atoms with Gasteiger partial charge in [0.2, 0.25) is 0 Å². The van der Waals surface area contributed by atoms with Gasteiger partial charge in [-0.15, -0.1) is 0 Å². The van der Waals surface area contributed by atoms with Gasteiger partial charge in [0.1, 0.15) is 11.5 Å². The van der Waals surface area contributed by atoms with Crippen LogP contribution >= 0.6 is 0 Å². The van der Waals surface area contributed by atoms with Crippen molar-refractivity contribution in [2.45, 2.75) is 27.2 Å². The molecule has 1 aliphatic rings. The molecule has 0 radical (unpaired) electrons. The zero-order valence-electron chi connectivity index (χ0n) is 18.7. The highest BCUT2D eigenvalue weighted by atomic mass is 16.5. The molecule has 0 bridgehead atoms. The molecule has 164 valence electrons. The van der Waals surface area contributed by atoms with Gasteiger partial charge in [-0.25, -0.2) is 0 Å². The van der Waals surface area contributed by atoms with Gasteiger partial charge >= 0.3 is 0 Å². The van der Waals surface area contributed by atoms with Crippen molar-refractivity contribution in [3.05, 3.63) is 78.3 Å². The van der Waals surface area contributed by atoms with E-state index in [0.717, 1.165) is 23.6 Å². The van der Waals surface area contributed by atoms with Crippen LogP contribution in [0.5, 0.6) is 11.5 Å². The first-order valence-corrected chi connectivity index (χ1v) is 10.5. The predicted molar refractivity (Wildman–Crippen MR) is 124 cm³/mol. The van der Waals surface area contributed by atoms with Gasteiger partial charge in [-0.2, -0.15) is 0 Å². The van der Waals surface area contributed by atoms with Crippen molar-refractivity contribution >= 4 is 11.6 Å². The Morgan fingerprint density at radius 2 is 1.65 bits per heavy atom. The zero-order chi connectivity index (χ0) is 22.4. The zero-order valence-corrected chi connectivity index (χ0v) is 18.7. The number of ether oxygens (including phenoxy) is 2. The van der Waals surface area contributed by atoms with Gasteiger partial charge in [0, 0.05) is 7.05 Å². The molecule has 0 atom stereocenters. The number of benzene rings is 2. The molecule has 2 aromatic rings. The number of allylic oxidation sites excluding steroid dienone is 1. The van der Waals surface area contributed by atoms with Gasteiger partial charge in [0.15, 0.2) is 6.61 Å². The highest BCUT2D eigenvalue weighted by Crippen LogP contribution is 2.33. The average molecular weight is 422 g/mol. The summed E-state index contributed by atoms with van der Waals surface area (Å²) in [5.41, 5.74) is 3.28. The molecule has 1 aliphatic heterocycles. The van der Waals surface area contributed by atoms with E-state index in [0.29, 0.717) is 29.7 Å². The van der Waals surface area contributed by atoms with Crippen molar-refractivity contribution in [1.82, 2.24) is 10.3 Å². The molecule has 0 aromatic heterocycles. The van der Waals surface area contributed by atoms with Crippen molar-refractivity contribution in [2.24, 2.45) is 5.92 Å². The standard InChI is InChI=1S/C25H31N3O3/c1-18(2)15-16-30-22-11-13-23(14-12-22)31-17-24(29)26-25-19(3)27(5)28(20(25)4)21-9-7-6-8-10-21/h6-14,18H,4,15-17H2,1-3,5H3,(H,26,29). The maximum atomic E-state index is 12.5. The normalized spacial score (nSPS) is 13.8. The maximum absolute atomic E-state index is 12.5. The maximum Gasteiger partial charge on any atom is 0.262 e. The Bertz CT molecular complexity index is 936. The number of nitrogens with zero attached hydrogens (tertiary/aromatic N) is 2. The summed E-state index contributed by atoms with van der Waals surface area (Å²) in [4.78, 5) is 12.5. The Morgan fingerprint density at radius 1 is 1.03 bits per heavy atom. The molecule has 0 aliphatic carbocycles. The van der Waals surface area contributed by atoms with Crippen molar-refractivity contribution in [1.29, 1.82) is 0 Å². The number of hydrazine groups is 1. The molecule has 0 saturated heterocycles. The summed E-state index contributed by atoms with van der Waals surface area (Å²) in [5.74, 6) is 1.78.